The lowest BCUT2D eigenvalue weighted by Gasteiger charge is -2.35. The lowest BCUT2D eigenvalue weighted by Crippen LogP contribution is -2.43. The normalized spacial score (nSPS) is 18.0. The first kappa shape index (κ1) is 15.6. The Bertz CT molecular complexity index is 522. The topological polar surface area (TPSA) is 40.5 Å². The van der Waals surface area contributed by atoms with Crippen molar-refractivity contribution in [1.82, 2.24) is 4.90 Å². The van der Waals surface area contributed by atoms with Gasteiger partial charge in [0.2, 0.25) is 0 Å². The van der Waals surface area contributed by atoms with E-state index in [0.717, 1.165) is 43.4 Å². The van der Waals surface area contributed by atoms with Gasteiger partial charge in [0.1, 0.15) is 6.61 Å². The van der Waals surface area contributed by atoms with Gasteiger partial charge < -0.3 is 10.0 Å². The summed E-state index contributed by atoms with van der Waals surface area (Å²) in [7, 11) is 0. The minimum Gasteiger partial charge on any atom is -0.384 e. The van der Waals surface area contributed by atoms with Crippen LogP contribution in [0.15, 0.2) is 24.3 Å². The van der Waals surface area contributed by atoms with E-state index in [0.29, 0.717) is 6.04 Å². The van der Waals surface area contributed by atoms with Crippen LogP contribution in [0.1, 0.15) is 54.9 Å². The second-order valence-corrected chi connectivity index (χ2v) is 5.47. The van der Waals surface area contributed by atoms with Crippen LogP contribution in [0.2, 0.25) is 0 Å². The average Bonchev–Trinajstić information content (AvgIpc) is 2.53. The average molecular weight is 285 g/mol. The Balaban J connectivity index is 2.10. The molecular formula is C18H23NO2. The summed E-state index contributed by atoms with van der Waals surface area (Å²) in [5.41, 5.74) is 1.55. The molecule has 1 saturated heterocycles. The van der Waals surface area contributed by atoms with E-state index in [1.807, 2.05) is 29.2 Å². The lowest BCUT2D eigenvalue weighted by atomic mass is 9.97. The van der Waals surface area contributed by atoms with Gasteiger partial charge in [0, 0.05) is 23.7 Å². The van der Waals surface area contributed by atoms with Crippen LogP contribution in [0.3, 0.4) is 0 Å². The van der Waals surface area contributed by atoms with Crippen LogP contribution in [-0.2, 0) is 0 Å². The highest BCUT2D eigenvalue weighted by atomic mass is 16.2. The number of benzene rings is 1. The van der Waals surface area contributed by atoms with Crippen LogP contribution in [0.4, 0.5) is 0 Å². The van der Waals surface area contributed by atoms with E-state index in [4.69, 9.17) is 5.11 Å². The number of likely N-dealkylation sites (tertiary alicyclic amines) is 1. The van der Waals surface area contributed by atoms with Crippen molar-refractivity contribution >= 4 is 5.91 Å². The van der Waals surface area contributed by atoms with Crippen molar-refractivity contribution in [2.75, 3.05) is 13.2 Å². The van der Waals surface area contributed by atoms with Crippen LogP contribution in [0, 0.1) is 11.8 Å². The van der Waals surface area contributed by atoms with Crippen LogP contribution in [-0.4, -0.2) is 35.1 Å². The summed E-state index contributed by atoms with van der Waals surface area (Å²) in [5.74, 6) is 5.59. The fraction of sp³-hybridized carbons (Fsp3) is 0.500. The predicted molar refractivity (Wildman–Crippen MR) is 84.0 cm³/mol. The summed E-state index contributed by atoms with van der Waals surface area (Å²) < 4.78 is 0. The zero-order valence-electron chi connectivity index (χ0n) is 12.6. The van der Waals surface area contributed by atoms with E-state index in [9.17, 15) is 4.79 Å². The number of nitrogens with zero attached hydrogens (tertiary/aromatic N) is 1. The third kappa shape index (κ3) is 4.09. The number of piperidine rings is 1. The van der Waals surface area contributed by atoms with Gasteiger partial charge in [-0.3, -0.25) is 4.79 Å². The molecule has 1 amide bonds. The minimum atomic E-state index is -0.146. The second kappa shape index (κ2) is 7.85. The molecule has 1 aliphatic rings. The number of hydrogen-bond donors (Lipinski definition) is 1. The lowest BCUT2D eigenvalue weighted by molar-refractivity contribution is 0.0600. The standard InChI is InChI=1S/C18H23NO2/c1-2-6-17-8-3-4-13-19(17)18(21)16-11-9-15(10-12-16)7-5-14-20/h9-12,17,20H,2-4,6,8,13-14H2,1H3. The molecule has 1 aliphatic heterocycles. The van der Waals surface area contributed by atoms with Crippen molar-refractivity contribution in [3.05, 3.63) is 35.4 Å². The van der Waals surface area contributed by atoms with Crippen LogP contribution < -0.4 is 0 Å². The van der Waals surface area contributed by atoms with Gasteiger partial charge >= 0.3 is 0 Å². The smallest absolute Gasteiger partial charge is 0.254 e. The molecule has 2 rings (SSSR count). The van der Waals surface area contributed by atoms with Crippen molar-refractivity contribution in [1.29, 1.82) is 0 Å². The Morgan fingerprint density at radius 1 is 1.33 bits per heavy atom. The molecule has 1 aromatic carbocycles. The van der Waals surface area contributed by atoms with Gasteiger partial charge in [-0.1, -0.05) is 25.2 Å². The number of aliphatic hydroxyl groups excluding tert-OH is 1. The Morgan fingerprint density at radius 3 is 2.76 bits per heavy atom. The molecular weight excluding hydrogens is 262 g/mol. The molecule has 1 atom stereocenters. The van der Waals surface area contributed by atoms with Gasteiger partial charge in [0.15, 0.2) is 0 Å². The van der Waals surface area contributed by atoms with E-state index in [1.165, 1.54) is 6.42 Å². The largest absolute Gasteiger partial charge is 0.384 e. The number of hydrogen-bond acceptors (Lipinski definition) is 2. The van der Waals surface area contributed by atoms with Gasteiger partial charge in [-0.05, 0) is 49.9 Å². The molecule has 0 bridgehead atoms. The number of rotatable bonds is 3. The van der Waals surface area contributed by atoms with Crippen molar-refractivity contribution in [2.24, 2.45) is 0 Å². The Labute approximate surface area is 127 Å². The quantitative estimate of drug-likeness (QED) is 0.868. The molecule has 3 heteroatoms. The fourth-order valence-electron chi connectivity index (χ4n) is 2.90. The molecule has 0 saturated carbocycles. The molecule has 1 N–H and O–H groups in total. The number of carbonyl (C=O) groups excluding carboxylic acids is 1. The fourth-order valence-corrected chi connectivity index (χ4v) is 2.90. The first-order chi connectivity index (χ1) is 10.3. The maximum absolute atomic E-state index is 12.7. The molecule has 21 heavy (non-hydrogen) atoms. The first-order valence-corrected chi connectivity index (χ1v) is 7.77. The van der Waals surface area contributed by atoms with E-state index < -0.39 is 0 Å². The first-order valence-electron chi connectivity index (χ1n) is 7.77. The Kier molecular flexibility index (Phi) is 5.83. The Hall–Kier alpha value is -1.79. The van der Waals surface area contributed by atoms with E-state index >= 15 is 0 Å². The molecule has 0 aromatic heterocycles. The third-order valence-electron chi connectivity index (χ3n) is 3.95. The SMILES string of the molecule is CCCC1CCCCN1C(=O)c1ccc(C#CCO)cc1. The zero-order valence-corrected chi connectivity index (χ0v) is 12.6. The highest BCUT2D eigenvalue weighted by molar-refractivity contribution is 5.94. The van der Waals surface area contributed by atoms with Gasteiger partial charge in [-0.25, -0.2) is 0 Å². The summed E-state index contributed by atoms with van der Waals surface area (Å²) >= 11 is 0. The molecule has 1 aromatic rings. The minimum absolute atomic E-state index is 0.134. The molecule has 1 fully saturated rings. The van der Waals surface area contributed by atoms with E-state index in [-0.39, 0.29) is 12.5 Å². The van der Waals surface area contributed by atoms with Gasteiger partial charge in [0.25, 0.3) is 5.91 Å². The second-order valence-electron chi connectivity index (χ2n) is 5.47. The molecule has 3 nitrogen and oxygen atoms in total. The third-order valence-corrected chi connectivity index (χ3v) is 3.95. The highest BCUT2D eigenvalue weighted by Crippen LogP contribution is 2.23. The number of amides is 1. The monoisotopic (exact) mass is 285 g/mol. The van der Waals surface area contributed by atoms with Gasteiger partial charge in [0.05, 0.1) is 0 Å². The number of carbonyl (C=O) groups is 1. The maximum atomic E-state index is 12.7. The Morgan fingerprint density at radius 2 is 2.10 bits per heavy atom. The molecule has 1 heterocycles. The summed E-state index contributed by atoms with van der Waals surface area (Å²) in [4.78, 5) is 14.7. The van der Waals surface area contributed by atoms with Crippen molar-refractivity contribution in [2.45, 2.75) is 45.1 Å². The van der Waals surface area contributed by atoms with Crippen molar-refractivity contribution in [3.63, 3.8) is 0 Å². The summed E-state index contributed by atoms with van der Waals surface area (Å²) in [6.07, 6.45) is 5.66. The van der Waals surface area contributed by atoms with E-state index in [2.05, 4.69) is 18.8 Å². The molecule has 0 radical (unpaired) electrons. The van der Waals surface area contributed by atoms with Crippen molar-refractivity contribution in [3.8, 4) is 11.8 Å². The highest BCUT2D eigenvalue weighted by Gasteiger charge is 2.26. The van der Waals surface area contributed by atoms with Gasteiger partial charge in [-0.15, -0.1) is 0 Å². The molecule has 1 unspecified atom stereocenters. The van der Waals surface area contributed by atoms with E-state index in [1.54, 1.807) is 0 Å². The zero-order chi connectivity index (χ0) is 15.1. The van der Waals surface area contributed by atoms with Crippen LogP contribution in [0.25, 0.3) is 0 Å². The molecule has 0 spiro atoms. The summed E-state index contributed by atoms with van der Waals surface area (Å²) in [6, 6.07) is 7.75. The van der Waals surface area contributed by atoms with Gasteiger partial charge in [-0.2, -0.15) is 0 Å². The predicted octanol–water partition coefficient (Wildman–Crippen LogP) is 2.83. The summed E-state index contributed by atoms with van der Waals surface area (Å²) in [5, 5.41) is 8.69. The van der Waals surface area contributed by atoms with Crippen LogP contribution >= 0.6 is 0 Å². The maximum Gasteiger partial charge on any atom is 0.254 e. The van der Waals surface area contributed by atoms with Crippen LogP contribution in [0.5, 0.6) is 0 Å². The molecule has 0 aliphatic carbocycles. The summed E-state index contributed by atoms with van der Waals surface area (Å²) in [6.45, 7) is 2.90. The number of aliphatic hydroxyl groups is 1. The van der Waals surface area contributed by atoms with Crippen molar-refractivity contribution < 1.29 is 9.90 Å². The molecule has 112 valence electrons.